The highest BCUT2D eigenvalue weighted by molar-refractivity contribution is 5.82. The van der Waals surface area contributed by atoms with Crippen molar-refractivity contribution in [3.8, 4) is 0 Å². The molecule has 0 spiro atoms. The molecule has 1 rings (SSSR count). The summed E-state index contributed by atoms with van der Waals surface area (Å²) in [6.45, 7) is 3.73. The molecule has 1 amide bonds. The van der Waals surface area contributed by atoms with Crippen molar-refractivity contribution in [2.75, 3.05) is 0 Å². The van der Waals surface area contributed by atoms with Crippen molar-refractivity contribution >= 4 is 5.91 Å². The van der Waals surface area contributed by atoms with Crippen LogP contribution in [-0.2, 0) is 4.79 Å². The Labute approximate surface area is 112 Å². The molecule has 0 radical (unpaired) electrons. The molecule has 0 aromatic heterocycles. The first-order chi connectivity index (χ1) is 8.77. The average Bonchev–Trinajstić information content (AvgIpc) is 2.36. The Morgan fingerprint density at radius 3 is 2.47 bits per heavy atom. The van der Waals surface area contributed by atoms with Crippen molar-refractivity contribution in [1.29, 1.82) is 0 Å². The fourth-order valence-corrected chi connectivity index (χ4v) is 2.49. The lowest BCUT2D eigenvalue weighted by Crippen LogP contribution is -2.53. The molecule has 0 heterocycles. The quantitative estimate of drug-likeness (QED) is 0.831. The largest absolute Gasteiger partial charge is 0.393 e. The van der Waals surface area contributed by atoms with Gasteiger partial charge in [-0.05, 0) is 18.8 Å². The molecule has 0 saturated heterocycles. The Bertz CT molecular complexity index is 307. The molecule has 6 heteroatoms. The molecule has 4 unspecified atom stereocenters. The van der Waals surface area contributed by atoms with Crippen LogP contribution in [-0.4, -0.2) is 24.2 Å². The molecule has 1 saturated carbocycles. The van der Waals surface area contributed by atoms with E-state index in [9.17, 15) is 18.0 Å². The summed E-state index contributed by atoms with van der Waals surface area (Å²) in [5.41, 5.74) is 5.75. The van der Waals surface area contributed by atoms with Crippen LogP contribution in [0.5, 0.6) is 0 Å². The summed E-state index contributed by atoms with van der Waals surface area (Å²) in [6.07, 6.45) is -1.78. The van der Waals surface area contributed by atoms with Crippen LogP contribution in [0.1, 0.15) is 46.0 Å². The van der Waals surface area contributed by atoms with Crippen LogP contribution in [0, 0.1) is 11.8 Å². The number of nitrogens with two attached hydrogens (primary N) is 1. The van der Waals surface area contributed by atoms with Crippen LogP contribution in [0.4, 0.5) is 13.2 Å². The molecule has 1 aliphatic rings. The Morgan fingerprint density at radius 1 is 1.37 bits per heavy atom. The predicted octanol–water partition coefficient (Wildman–Crippen LogP) is 2.60. The molecule has 0 aromatic carbocycles. The van der Waals surface area contributed by atoms with E-state index in [4.69, 9.17) is 5.73 Å². The zero-order valence-electron chi connectivity index (χ0n) is 11.5. The van der Waals surface area contributed by atoms with Gasteiger partial charge in [0.2, 0.25) is 5.91 Å². The molecule has 3 nitrogen and oxygen atoms in total. The Morgan fingerprint density at radius 2 is 1.95 bits per heavy atom. The molecular weight excluding hydrogens is 257 g/mol. The maximum atomic E-state index is 12.9. The third-order valence-electron chi connectivity index (χ3n) is 4.07. The van der Waals surface area contributed by atoms with Gasteiger partial charge in [-0.2, -0.15) is 13.2 Å². The molecule has 3 N–H and O–H groups in total. The van der Waals surface area contributed by atoms with Crippen molar-refractivity contribution < 1.29 is 18.0 Å². The van der Waals surface area contributed by atoms with Crippen molar-refractivity contribution in [2.24, 2.45) is 17.6 Å². The highest BCUT2D eigenvalue weighted by Crippen LogP contribution is 2.37. The number of carbonyl (C=O) groups is 1. The number of nitrogens with one attached hydrogen (secondary N) is 1. The Hall–Kier alpha value is -0.780. The number of hydrogen-bond donors (Lipinski definition) is 2. The lowest BCUT2D eigenvalue weighted by atomic mass is 9.83. The first-order valence-electron chi connectivity index (χ1n) is 6.90. The molecular formula is C13H23F3N2O. The van der Waals surface area contributed by atoms with Gasteiger partial charge in [0.25, 0.3) is 0 Å². The Kier molecular flexibility index (Phi) is 5.64. The molecule has 112 valence electrons. The fourth-order valence-electron chi connectivity index (χ4n) is 2.49. The molecule has 0 aromatic rings. The summed E-state index contributed by atoms with van der Waals surface area (Å²) < 4.78 is 38.7. The van der Waals surface area contributed by atoms with Gasteiger partial charge in [0.05, 0.1) is 12.0 Å². The van der Waals surface area contributed by atoms with Gasteiger partial charge < -0.3 is 11.1 Å². The van der Waals surface area contributed by atoms with Gasteiger partial charge in [0.1, 0.15) is 0 Å². The minimum absolute atomic E-state index is 0.0343. The minimum atomic E-state index is -4.25. The van der Waals surface area contributed by atoms with Gasteiger partial charge >= 0.3 is 6.18 Å². The monoisotopic (exact) mass is 280 g/mol. The van der Waals surface area contributed by atoms with Gasteiger partial charge in [0, 0.05) is 6.04 Å². The van der Waals surface area contributed by atoms with E-state index in [1.807, 2.05) is 13.8 Å². The summed E-state index contributed by atoms with van der Waals surface area (Å²) >= 11 is 0. The third kappa shape index (κ3) is 4.37. The normalized spacial score (nSPS) is 27.7. The second kappa shape index (κ2) is 6.59. The van der Waals surface area contributed by atoms with Gasteiger partial charge in [-0.25, -0.2) is 0 Å². The number of hydrogen-bond acceptors (Lipinski definition) is 2. The van der Waals surface area contributed by atoms with Crippen LogP contribution in [0.25, 0.3) is 0 Å². The summed E-state index contributed by atoms with van der Waals surface area (Å²) in [4.78, 5) is 11.9. The van der Waals surface area contributed by atoms with E-state index < -0.39 is 30.1 Å². The number of alkyl halides is 3. The van der Waals surface area contributed by atoms with Crippen LogP contribution in [0.15, 0.2) is 0 Å². The second-order valence-electron chi connectivity index (χ2n) is 5.46. The smallest absolute Gasteiger partial charge is 0.351 e. The highest BCUT2D eigenvalue weighted by atomic mass is 19.4. The number of halogens is 3. The van der Waals surface area contributed by atoms with Crippen LogP contribution in [0.3, 0.4) is 0 Å². The van der Waals surface area contributed by atoms with Gasteiger partial charge in [0.15, 0.2) is 0 Å². The summed E-state index contributed by atoms with van der Waals surface area (Å²) in [5.74, 6) is -1.93. The Balaban J connectivity index is 2.65. The fraction of sp³-hybridized carbons (Fsp3) is 0.923. The zero-order valence-corrected chi connectivity index (χ0v) is 11.5. The van der Waals surface area contributed by atoms with Crippen LogP contribution in [0.2, 0.25) is 0 Å². The summed E-state index contributed by atoms with van der Waals surface area (Å²) in [7, 11) is 0. The average molecular weight is 280 g/mol. The SMILES string of the molecule is CCC(C)C(N)C(=O)NC1CCCCC1C(F)(F)F. The van der Waals surface area contributed by atoms with E-state index in [0.29, 0.717) is 12.8 Å². The minimum Gasteiger partial charge on any atom is -0.351 e. The summed E-state index contributed by atoms with van der Waals surface area (Å²) in [5, 5.41) is 2.51. The molecule has 1 fully saturated rings. The van der Waals surface area contributed by atoms with Crippen molar-refractivity contribution in [2.45, 2.75) is 64.2 Å². The van der Waals surface area contributed by atoms with E-state index in [1.54, 1.807) is 0 Å². The summed E-state index contributed by atoms with van der Waals surface area (Å²) in [6, 6.07) is -1.56. The maximum absolute atomic E-state index is 12.9. The van der Waals surface area contributed by atoms with E-state index in [2.05, 4.69) is 5.32 Å². The van der Waals surface area contributed by atoms with Crippen molar-refractivity contribution in [3.63, 3.8) is 0 Å². The molecule has 1 aliphatic carbocycles. The maximum Gasteiger partial charge on any atom is 0.393 e. The molecule has 4 atom stereocenters. The second-order valence-corrected chi connectivity index (χ2v) is 5.46. The van der Waals surface area contributed by atoms with Gasteiger partial charge in [-0.3, -0.25) is 4.79 Å². The standard InChI is InChI=1S/C13H23F3N2O/c1-3-8(2)11(17)12(19)18-10-7-5-4-6-9(10)13(14,15)16/h8-11H,3-7,17H2,1-2H3,(H,18,19). The molecule has 0 aliphatic heterocycles. The van der Waals surface area contributed by atoms with Gasteiger partial charge in [-0.1, -0.05) is 33.1 Å². The third-order valence-corrected chi connectivity index (χ3v) is 4.07. The lowest BCUT2D eigenvalue weighted by molar-refractivity contribution is -0.189. The zero-order chi connectivity index (χ0) is 14.6. The topological polar surface area (TPSA) is 55.1 Å². The predicted molar refractivity (Wildman–Crippen MR) is 67.4 cm³/mol. The number of amides is 1. The number of carbonyl (C=O) groups excluding carboxylic acids is 1. The van der Waals surface area contributed by atoms with Crippen LogP contribution >= 0.6 is 0 Å². The first kappa shape index (κ1) is 16.3. The first-order valence-corrected chi connectivity index (χ1v) is 6.90. The van der Waals surface area contributed by atoms with Crippen LogP contribution < -0.4 is 11.1 Å². The number of rotatable bonds is 4. The van der Waals surface area contributed by atoms with E-state index >= 15 is 0 Å². The van der Waals surface area contributed by atoms with Gasteiger partial charge in [-0.15, -0.1) is 0 Å². The van der Waals surface area contributed by atoms with Crippen molar-refractivity contribution in [1.82, 2.24) is 5.32 Å². The molecule has 19 heavy (non-hydrogen) atoms. The highest BCUT2D eigenvalue weighted by Gasteiger charge is 2.46. The van der Waals surface area contributed by atoms with E-state index in [1.165, 1.54) is 0 Å². The molecule has 0 bridgehead atoms. The van der Waals surface area contributed by atoms with E-state index in [0.717, 1.165) is 12.8 Å². The van der Waals surface area contributed by atoms with E-state index in [-0.39, 0.29) is 12.3 Å². The van der Waals surface area contributed by atoms with Crippen molar-refractivity contribution in [3.05, 3.63) is 0 Å². The lowest BCUT2D eigenvalue weighted by Gasteiger charge is -2.34.